The van der Waals surface area contributed by atoms with Crippen molar-refractivity contribution in [1.82, 2.24) is 0 Å². The number of hydrogen-bond acceptors (Lipinski definition) is 1. The molecule has 0 aromatic carbocycles. The third-order valence-corrected chi connectivity index (χ3v) is 1.45. The van der Waals surface area contributed by atoms with Crippen LogP contribution in [0.3, 0.4) is 0 Å². The van der Waals surface area contributed by atoms with Gasteiger partial charge in [-0.15, -0.1) is 0 Å². The van der Waals surface area contributed by atoms with E-state index in [1.165, 1.54) is 19.3 Å². The van der Waals surface area contributed by atoms with Gasteiger partial charge in [-0.25, -0.2) is 0 Å². The first-order valence-corrected chi connectivity index (χ1v) is 2.88. The molecule has 0 N–H and O–H groups in total. The molecule has 0 heterocycles. The maximum Gasteiger partial charge on any atom is 0.192 e. The number of rotatable bonds is 0. The van der Waals surface area contributed by atoms with Gasteiger partial charge in [0.2, 0.25) is 0 Å². The highest BCUT2D eigenvalue weighted by Crippen LogP contribution is 2.24. The first-order valence-electron chi connectivity index (χ1n) is 2.88. The average Bonchev–Trinajstić information content (AvgIpc) is 1.63. The average molecular weight is 108 g/mol. The summed E-state index contributed by atoms with van der Waals surface area (Å²) >= 11 is 0. The molecular formula is C7H8O. The molecule has 42 valence electrons. The molecule has 0 aromatic rings. The standard InChI is InChI=1S/C7H8O/c8-6-2-5-7-3-1-4-7/h6-7H,1,3-4H2. The number of aldehydes is 1. The Bertz CT molecular complexity index is 134. The Labute approximate surface area is 49.1 Å². The lowest BCUT2D eigenvalue weighted by Gasteiger charge is -2.18. The molecule has 0 aromatic heterocycles. The Hall–Kier alpha value is -0.770. The van der Waals surface area contributed by atoms with Crippen LogP contribution < -0.4 is 0 Å². The van der Waals surface area contributed by atoms with Crippen LogP contribution in [0.25, 0.3) is 0 Å². The Morgan fingerprint density at radius 1 is 1.50 bits per heavy atom. The second-order valence-electron chi connectivity index (χ2n) is 2.03. The van der Waals surface area contributed by atoms with E-state index in [0.717, 1.165) is 0 Å². The van der Waals surface area contributed by atoms with Crippen molar-refractivity contribution in [2.45, 2.75) is 19.3 Å². The maximum atomic E-state index is 9.68. The molecule has 1 aliphatic rings. The molecule has 0 aliphatic heterocycles. The zero-order valence-corrected chi connectivity index (χ0v) is 4.68. The van der Waals surface area contributed by atoms with E-state index in [1.807, 2.05) is 0 Å². The second kappa shape index (κ2) is 2.52. The van der Waals surface area contributed by atoms with Gasteiger partial charge in [-0.2, -0.15) is 0 Å². The highest BCUT2D eigenvalue weighted by molar-refractivity contribution is 5.72. The van der Waals surface area contributed by atoms with E-state index in [0.29, 0.717) is 12.2 Å². The molecular weight excluding hydrogens is 100 g/mol. The van der Waals surface area contributed by atoms with Gasteiger partial charge in [-0.1, -0.05) is 12.3 Å². The first kappa shape index (κ1) is 5.37. The minimum Gasteiger partial charge on any atom is -0.289 e. The monoisotopic (exact) mass is 108 g/mol. The summed E-state index contributed by atoms with van der Waals surface area (Å²) in [4.78, 5) is 9.68. The van der Waals surface area contributed by atoms with Gasteiger partial charge in [0.25, 0.3) is 0 Å². The molecule has 1 aliphatic carbocycles. The van der Waals surface area contributed by atoms with Crippen LogP contribution in [0, 0.1) is 17.8 Å². The van der Waals surface area contributed by atoms with Crippen molar-refractivity contribution in [2.75, 3.05) is 0 Å². The molecule has 0 spiro atoms. The summed E-state index contributed by atoms with van der Waals surface area (Å²) in [6.45, 7) is 0. The van der Waals surface area contributed by atoms with E-state index < -0.39 is 0 Å². The molecule has 0 bridgehead atoms. The third kappa shape index (κ3) is 1.10. The molecule has 0 saturated heterocycles. The first-order chi connectivity index (χ1) is 3.93. The molecule has 0 atom stereocenters. The molecule has 1 fully saturated rings. The molecule has 1 rings (SSSR count). The summed E-state index contributed by atoms with van der Waals surface area (Å²) in [6.07, 6.45) is 4.35. The maximum absolute atomic E-state index is 9.68. The van der Waals surface area contributed by atoms with Crippen LogP contribution in [-0.2, 0) is 4.79 Å². The lowest BCUT2D eigenvalue weighted by molar-refractivity contribution is -0.103. The lowest BCUT2D eigenvalue weighted by Crippen LogP contribution is -2.07. The van der Waals surface area contributed by atoms with E-state index in [-0.39, 0.29) is 0 Å². The van der Waals surface area contributed by atoms with Crippen molar-refractivity contribution in [2.24, 2.45) is 5.92 Å². The van der Waals surface area contributed by atoms with Crippen LogP contribution in [0.4, 0.5) is 0 Å². The summed E-state index contributed by atoms with van der Waals surface area (Å²) in [6, 6.07) is 0. The highest BCUT2D eigenvalue weighted by atomic mass is 16.1. The van der Waals surface area contributed by atoms with Gasteiger partial charge in [0.15, 0.2) is 6.29 Å². The molecule has 8 heavy (non-hydrogen) atoms. The van der Waals surface area contributed by atoms with E-state index in [2.05, 4.69) is 11.8 Å². The van der Waals surface area contributed by atoms with Gasteiger partial charge < -0.3 is 0 Å². The quantitative estimate of drug-likeness (QED) is 0.334. The van der Waals surface area contributed by atoms with Crippen LogP contribution in [0.1, 0.15) is 19.3 Å². The van der Waals surface area contributed by atoms with Gasteiger partial charge in [0.1, 0.15) is 0 Å². The Kier molecular flexibility index (Phi) is 1.69. The van der Waals surface area contributed by atoms with Crippen molar-refractivity contribution in [3.05, 3.63) is 0 Å². The van der Waals surface area contributed by atoms with Crippen molar-refractivity contribution in [3.8, 4) is 11.8 Å². The van der Waals surface area contributed by atoms with Gasteiger partial charge in [0, 0.05) is 5.92 Å². The number of hydrogen-bond donors (Lipinski definition) is 0. The third-order valence-electron chi connectivity index (χ3n) is 1.45. The van der Waals surface area contributed by atoms with Crippen molar-refractivity contribution >= 4 is 6.29 Å². The lowest BCUT2D eigenvalue weighted by atomic mass is 9.86. The van der Waals surface area contributed by atoms with E-state index in [4.69, 9.17) is 0 Å². The summed E-state index contributed by atoms with van der Waals surface area (Å²) in [7, 11) is 0. The van der Waals surface area contributed by atoms with Gasteiger partial charge in [-0.05, 0) is 18.8 Å². The fraction of sp³-hybridized carbons (Fsp3) is 0.571. The fourth-order valence-electron chi connectivity index (χ4n) is 0.704. The van der Waals surface area contributed by atoms with Gasteiger partial charge in [0.05, 0.1) is 0 Å². The van der Waals surface area contributed by atoms with Crippen LogP contribution in [0.15, 0.2) is 0 Å². The molecule has 1 heteroatoms. The van der Waals surface area contributed by atoms with Crippen LogP contribution in [0.2, 0.25) is 0 Å². The van der Waals surface area contributed by atoms with E-state index >= 15 is 0 Å². The molecule has 1 nitrogen and oxygen atoms in total. The summed E-state index contributed by atoms with van der Waals surface area (Å²) in [5, 5.41) is 0. The van der Waals surface area contributed by atoms with Crippen molar-refractivity contribution in [3.63, 3.8) is 0 Å². The summed E-state index contributed by atoms with van der Waals surface area (Å²) in [5.41, 5.74) is 0. The summed E-state index contributed by atoms with van der Waals surface area (Å²) in [5.74, 6) is 5.81. The zero-order chi connectivity index (χ0) is 5.82. The Balaban J connectivity index is 2.26. The minimum atomic E-state index is 0.542. The Morgan fingerprint density at radius 2 is 2.25 bits per heavy atom. The smallest absolute Gasteiger partial charge is 0.192 e. The van der Waals surface area contributed by atoms with Crippen molar-refractivity contribution in [1.29, 1.82) is 0 Å². The second-order valence-corrected chi connectivity index (χ2v) is 2.03. The van der Waals surface area contributed by atoms with Crippen LogP contribution >= 0.6 is 0 Å². The molecule has 1 saturated carbocycles. The zero-order valence-electron chi connectivity index (χ0n) is 4.68. The predicted molar refractivity (Wildman–Crippen MR) is 31.2 cm³/mol. The van der Waals surface area contributed by atoms with E-state index in [1.54, 1.807) is 0 Å². The molecule has 0 amide bonds. The van der Waals surface area contributed by atoms with Gasteiger partial charge in [-0.3, -0.25) is 4.79 Å². The predicted octanol–water partition coefficient (Wildman–Crippen LogP) is 0.989. The van der Waals surface area contributed by atoms with Crippen LogP contribution in [-0.4, -0.2) is 6.29 Å². The minimum absolute atomic E-state index is 0.542. The topological polar surface area (TPSA) is 17.1 Å². The summed E-state index contributed by atoms with van der Waals surface area (Å²) < 4.78 is 0. The van der Waals surface area contributed by atoms with Crippen LogP contribution in [0.5, 0.6) is 0 Å². The SMILES string of the molecule is O=CC#CC1CCC1. The highest BCUT2D eigenvalue weighted by Gasteiger charge is 2.13. The number of carbonyl (C=O) groups excluding carboxylic acids is 1. The normalized spacial score (nSPS) is 18.0. The fourth-order valence-corrected chi connectivity index (χ4v) is 0.704. The number of carbonyl (C=O) groups is 1. The van der Waals surface area contributed by atoms with E-state index in [9.17, 15) is 4.79 Å². The molecule has 0 unspecified atom stereocenters. The van der Waals surface area contributed by atoms with Crippen molar-refractivity contribution < 1.29 is 4.79 Å². The Morgan fingerprint density at radius 3 is 2.62 bits per heavy atom. The largest absolute Gasteiger partial charge is 0.289 e. The van der Waals surface area contributed by atoms with Gasteiger partial charge >= 0.3 is 0 Å². The molecule has 0 radical (unpaired) electrons.